The number of hydrogen-bond donors (Lipinski definition) is 0. The van der Waals surface area contributed by atoms with E-state index in [9.17, 15) is 0 Å². The Morgan fingerprint density at radius 3 is 1.96 bits per heavy atom. The molecule has 0 saturated carbocycles. The fraction of sp³-hybridized carbons (Fsp3) is 0.652. The zero-order valence-electron chi connectivity index (χ0n) is 16.7. The Morgan fingerprint density at radius 1 is 0.875 bits per heavy atom. The van der Waals surface area contributed by atoms with Crippen LogP contribution in [0.5, 0.6) is 0 Å². The molecule has 0 aromatic heterocycles. The Morgan fingerprint density at radius 2 is 1.46 bits per heavy atom. The number of aryl methyl sites for hydroxylation is 2. The van der Waals surface area contributed by atoms with Crippen molar-refractivity contribution in [1.29, 1.82) is 0 Å². The van der Waals surface area contributed by atoms with Gasteiger partial charge >= 0.3 is 156 Å². The van der Waals surface area contributed by atoms with Gasteiger partial charge in [0.15, 0.2) is 0 Å². The number of benzene rings is 1. The van der Waals surface area contributed by atoms with Crippen molar-refractivity contribution in [2.24, 2.45) is 0 Å². The molecule has 1 heteroatoms. The summed E-state index contributed by atoms with van der Waals surface area (Å²) < 4.78 is 7.59. The Hall–Kier alpha value is -0.241. The minimum atomic E-state index is -2.04. The molecule has 0 amide bonds. The molecule has 0 atom stereocenters. The topological polar surface area (TPSA) is 0 Å². The van der Waals surface area contributed by atoms with Gasteiger partial charge in [-0.2, -0.15) is 0 Å². The fourth-order valence-corrected chi connectivity index (χ4v) is 18.2. The first-order chi connectivity index (χ1) is 11.7. The SMILES string of the molecule is CCC[CH2][Sn](/[CH]=C/CCc1cccc(C)c1)([CH2]CCC)[CH2]CCC. The first-order valence-electron chi connectivity index (χ1n) is 10.4. The van der Waals surface area contributed by atoms with Crippen LogP contribution in [0.3, 0.4) is 0 Å². The number of unbranched alkanes of at least 4 members (excludes halogenated alkanes) is 3. The molecule has 1 aromatic rings. The van der Waals surface area contributed by atoms with Crippen molar-refractivity contribution in [3.05, 3.63) is 45.6 Å². The molecule has 0 spiro atoms. The molecule has 0 aliphatic carbocycles. The molecule has 0 unspecified atom stereocenters. The quantitative estimate of drug-likeness (QED) is 0.277. The van der Waals surface area contributed by atoms with Crippen molar-refractivity contribution in [3.8, 4) is 0 Å². The van der Waals surface area contributed by atoms with Gasteiger partial charge in [0.1, 0.15) is 0 Å². The van der Waals surface area contributed by atoms with Gasteiger partial charge in [-0.3, -0.25) is 0 Å². The summed E-state index contributed by atoms with van der Waals surface area (Å²) in [5, 5.41) is 0. The molecular formula is C23H40Sn. The van der Waals surface area contributed by atoms with Crippen LogP contribution in [-0.2, 0) is 6.42 Å². The van der Waals surface area contributed by atoms with E-state index in [4.69, 9.17) is 0 Å². The van der Waals surface area contributed by atoms with Crippen LogP contribution in [0.1, 0.15) is 76.8 Å². The second-order valence-electron chi connectivity index (χ2n) is 7.60. The summed E-state index contributed by atoms with van der Waals surface area (Å²) in [5.74, 6) is 0. The molecule has 1 aromatic carbocycles. The maximum absolute atomic E-state index is 2.82. The van der Waals surface area contributed by atoms with E-state index in [1.54, 1.807) is 13.3 Å². The van der Waals surface area contributed by atoms with Crippen LogP contribution in [0, 0.1) is 6.92 Å². The van der Waals surface area contributed by atoms with Gasteiger partial charge in [-0.05, 0) is 0 Å². The minimum absolute atomic E-state index is 1.20. The van der Waals surface area contributed by atoms with Crippen molar-refractivity contribution in [2.45, 2.75) is 92.4 Å². The third kappa shape index (κ3) is 8.74. The van der Waals surface area contributed by atoms with Gasteiger partial charge in [-0.15, -0.1) is 0 Å². The molecule has 0 heterocycles. The predicted octanol–water partition coefficient (Wildman–Crippen LogP) is 7.87. The average Bonchev–Trinajstić information content (AvgIpc) is 2.59. The third-order valence-electron chi connectivity index (χ3n) is 5.24. The summed E-state index contributed by atoms with van der Waals surface area (Å²) in [5.41, 5.74) is 2.88. The molecular weight excluding hydrogens is 395 g/mol. The zero-order chi connectivity index (χ0) is 17.7. The van der Waals surface area contributed by atoms with Crippen molar-refractivity contribution in [1.82, 2.24) is 0 Å². The molecule has 0 fully saturated rings. The Kier molecular flexibility index (Phi) is 11.8. The first kappa shape index (κ1) is 21.8. The van der Waals surface area contributed by atoms with Gasteiger partial charge in [0, 0.05) is 0 Å². The summed E-state index contributed by atoms with van der Waals surface area (Å²) in [6.07, 6.45) is 13.5. The molecule has 136 valence electrons. The van der Waals surface area contributed by atoms with Crippen LogP contribution in [0.4, 0.5) is 0 Å². The van der Waals surface area contributed by atoms with Gasteiger partial charge in [-0.25, -0.2) is 0 Å². The number of rotatable bonds is 13. The van der Waals surface area contributed by atoms with Gasteiger partial charge < -0.3 is 0 Å². The van der Waals surface area contributed by atoms with E-state index in [1.807, 2.05) is 0 Å². The zero-order valence-corrected chi connectivity index (χ0v) is 19.6. The van der Waals surface area contributed by atoms with E-state index in [0.717, 1.165) is 0 Å². The normalized spacial score (nSPS) is 12.2. The molecule has 0 aliphatic rings. The molecule has 0 N–H and O–H groups in total. The van der Waals surface area contributed by atoms with Crippen molar-refractivity contribution in [3.63, 3.8) is 0 Å². The van der Waals surface area contributed by atoms with Gasteiger partial charge in [0.05, 0.1) is 0 Å². The molecule has 0 bridgehead atoms. The van der Waals surface area contributed by atoms with E-state index < -0.39 is 18.4 Å². The second-order valence-corrected chi connectivity index (χ2v) is 20.6. The number of hydrogen-bond acceptors (Lipinski definition) is 0. The molecule has 0 radical (unpaired) electrons. The summed E-state index contributed by atoms with van der Waals surface area (Å²) in [6.45, 7) is 9.27. The van der Waals surface area contributed by atoms with E-state index in [-0.39, 0.29) is 0 Å². The molecule has 0 nitrogen and oxygen atoms in total. The van der Waals surface area contributed by atoms with E-state index in [0.29, 0.717) is 0 Å². The second kappa shape index (κ2) is 13.0. The summed E-state index contributed by atoms with van der Waals surface area (Å²) in [7, 11) is 0. The van der Waals surface area contributed by atoms with E-state index in [2.05, 4.69) is 62.1 Å². The molecule has 24 heavy (non-hydrogen) atoms. The molecule has 1 rings (SSSR count). The van der Waals surface area contributed by atoms with Crippen LogP contribution in [0.2, 0.25) is 13.3 Å². The van der Waals surface area contributed by atoms with Crippen molar-refractivity contribution < 1.29 is 0 Å². The summed E-state index contributed by atoms with van der Waals surface area (Å²) >= 11 is -2.04. The standard InChI is InChI=1S/C11H13.3C4H9.Sn/c1-3-4-7-11-8-5-6-10(2)9-11;3*1-3-4-2;/h1,3,5-6,8-9H,4,7H2,2H3;3*1,3-4H2,2H3;. The summed E-state index contributed by atoms with van der Waals surface area (Å²) in [4.78, 5) is 0. The van der Waals surface area contributed by atoms with Crippen LogP contribution >= 0.6 is 0 Å². The van der Waals surface area contributed by atoms with Crippen LogP contribution in [0.25, 0.3) is 0 Å². The predicted molar refractivity (Wildman–Crippen MR) is 114 cm³/mol. The van der Waals surface area contributed by atoms with Crippen LogP contribution in [-0.4, -0.2) is 18.4 Å². The van der Waals surface area contributed by atoms with Gasteiger partial charge in [-0.1, -0.05) is 0 Å². The first-order valence-corrected chi connectivity index (χ1v) is 18.1. The monoisotopic (exact) mass is 436 g/mol. The molecule has 0 saturated heterocycles. The van der Waals surface area contributed by atoms with Crippen LogP contribution in [0.15, 0.2) is 34.4 Å². The van der Waals surface area contributed by atoms with Gasteiger partial charge in [0.25, 0.3) is 0 Å². The van der Waals surface area contributed by atoms with E-state index in [1.165, 1.54) is 62.5 Å². The Bertz CT molecular complexity index is 439. The molecule has 0 aliphatic heterocycles. The number of allylic oxidation sites excluding steroid dienone is 1. The Labute approximate surface area is 156 Å². The average molecular weight is 435 g/mol. The van der Waals surface area contributed by atoms with Crippen LogP contribution < -0.4 is 0 Å². The fourth-order valence-electron chi connectivity index (χ4n) is 3.66. The van der Waals surface area contributed by atoms with Crippen molar-refractivity contribution >= 4 is 18.4 Å². The third-order valence-corrected chi connectivity index (χ3v) is 19.5. The van der Waals surface area contributed by atoms with Gasteiger partial charge in [0.2, 0.25) is 0 Å². The van der Waals surface area contributed by atoms with Crippen molar-refractivity contribution in [2.75, 3.05) is 0 Å². The maximum atomic E-state index is 2.82. The Balaban J connectivity index is 2.68. The summed E-state index contributed by atoms with van der Waals surface area (Å²) in [6, 6.07) is 9.01. The van der Waals surface area contributed by atoms with E-state index >= 15 is 0 Å².